The van der Waals surface area contributed by atoms with E-state index in [4.69, 9.17) is 9.84 Å². The van der Waals surface area contributed by atoms with E-state index in [1.165, 1.54) is 19.3 Å². The van der Waals surface area contributed by atoms with E-state index >= 15 is 0 Å². The van der Waals surface area contributed by atoms with Crippen LogP contribution in [0.25, 0.3) is 0 Å². The van der Waals surface area contributed by atoms with Gasteiger partial charge in [0.1, 0.15) is 5.75 Å². The number of aromatic carboxylic acids is 1. The highest BCUT2D eigenvalue weighted by Crippen LogP contribution is 2.29. The van der Waals surface area contributed by atoms with Crippen molar-refractivity contribution in [1.82, 2.24) is 0 Å². The largest absolute Gasteiger partial charge is 0.490 e. The molecule has 2 atom stereocenters. The number of ether oxygens (including phenoxy) is 1. The fourth-order valence-corrected chi connectivity index (χ4v) is 2.59. The summed E-state index contributed by atoms with van der Waals surface area (Å²) in [4.78, 5) is 10.7. The van der Waals surface area contributed by atoms with Gasteiger partial charge in [-0.25, -0.2) is 4.79 Å². The number of hydrogen-bond donors (Lipinski definition) is 1. The lowest BCUT2D eigenvalue weighted by molar-refractivity contribution is 0.0697. The summed E-state index contributed by atoms with van der Waals surface area (Å²) >= 11 is 0. The Bertz CT molecular complexity index is 397. The number of carboxylic acids is 1. The molecular formula is C15H20O3. The van der Waals surface area contributed by atoms with Gasteiger partial charge in [0.2, 0.25) is 0 Å². The minimum Gasteiger partial charge on any atom is -0.490 e. The first-order chi connectivity index (χ1) is 8.69. The van der Waals surface area contributed by atoms with Crippen LogP contribution < -0.4 is 4.74 Å². The van der Waals surface area contributed by atoms with Crippen LogP contribution in [0.4, 0.5) is 0 Å². The van der Waals surface area contributed by atoms with Crippen LogP contribution in [0.3, 0.4) is 0 Å². The molecule has 1 aromatic carbocycles. The van der Waals surface area contributed by atoms with Crippen molar-refractivity contribution in [2.75, 3.05) is 0 Å². The minimum atomic E-state index is -0.898. The quantitative estimate of drug-likeness (QED) is 0.883. The minimum absolute atomic E-state index is 0.291. The van der Waals surface area contributed by atoms with Gasteiger partial charge < -0.3 is 9.84 Å². The Hall–Kier alpha value is -1.51. The van der Waals surface area contributed by atoms with E-state index in [1.54, 1.807) is 24.3 Å². The molecule has 0 radical (unpaired) electrons. The highest BCUT2D eigenvalue weighted by atomic mass is 16.5. The lowest BCUT2D eigenvalue weighted by atomic mass is 9.85. The molecule has 3 heteroatoms. The normalized spacial score (nSPS) is 23.6. The summed E-state index contributed by atoms with van der Waals surface area (Å²) in [5, 5.41) is 8.82. The van der Waals surface area contributed by atoms with Crippen molar-refractivity contribution in [2.24, 2.45) is 5.92 Å². The van der Waals surface area contributed by atoms with Gasteiger partial charge in [-0.05, 0) is 49.4 Å². The summed E-state index contributed by atoms with van der Waals surface area (Å²) in [5.74, 6) is 0.661. The molecule has 1 aromatic rings. The summed E-state index contributed by atoms with van der Waals surface area (Å²) < 4.78 is 5.93. The molecule has 3 nitrogen and oxygen atoms in total. The summed E-state index contributed by atoms with van der Waals surface area (Å²) in [6, 6.07) is 6.69. The zero-order chi connectivity index (χ0) is 13.0. The fourth-order valence-electron chi connectivity index (χ4n) is 2.59. The van der Waals surface area contributed by atoms with Crippen molar-refractivity contribution in [1.29, 1.82) is 0 Å². The molecule has 0 heterocycles. The van der Waals surface area contributed by atoms with Gasteiger partial charge in [-0.1, -0.05) is 19.8 Å². The maximum atomic E-state index is 10.7. The first kappa shape index (κ1) is 12.9. The Kier molecular flexibility index (Phi) is 4.24. The predicted octanol–water partition coefficient (Wildman–Crippen LogP) is 3.73. The lowest BCUT2D eigenvalue weighted by Gasteiger charge is -2.28. The molecule has 0 spiro atoms. The SMILES string of the molecule is CCC1CCCC(Oc2ccc(C(=O)O)cc2)C1. The first-order valence-corrected chi connectivity index (χ1v) is 6.69. The molecule has 98 valence electrons. The zero-order valence-corrected chi connectivity index (χ0v) is 10.8. The molecular weight excluding hydrogens is 228 g/mol. The van der Waals surface area contributed by atoms with E-state index in [2.05, 4.69) is 6.92 Å². The highest BCUT2D eigenvalue weighted by Gasteiger charge is 2.22. The molecule has 0 aliphatic heterocycles. The molecule has 2 unspecified atom stereocenters. The third-order valence-corrected chi connectivity index (χ3v) is 3.72. The molecule has 1 saturated carbocycles. The molecule has 0 bridgehead atoms. The summed E-state index contributed by atoms with van der Waals surface area (Å²) in [7, 11) is 0. The molecule has 0 aromatic heterocycles. The molecule has 1 aliphatic carbocycles. The fraction of sp³-hybridized carbons (Fsp3) is 0.533. The zero-order valence-electron chi connectivity index (χ0n) is 10.8. The van der Waals surface area contributed by atoms with Gasteiger partial charge in [0.15, 0.2) is 0 Å². The number of carbonyl (C=O) groups is 1. The van der Waals surface area contributed by atoms with Crippen molar-refractivity contribution >= 4 is 5.97 Å². The number of hydrogen-bond acceptors (Lipinski definition) is 2. The van der Waals surface area contributed by atoms with Crippen molar-refractivity contribution in [3.05, 3.63) is 29.8 Å². The molecule has 0 amide bonds. The molecule has 2 rings (SSSR count). The summed E-state index contributed by atoms with van der Waals surface area (Å²) in [5.41, 5.74) is 0.303. The van der Waals surface area contributed by atoms with Crippen LogP contribution in [0.15, 0.2) is 24.3 Å². The van der Waals surface area contributed by atoms with Crippen LogP contribution in [-0.4, -0.2) is 17.2 Å². The van der Waals surface area contributed by atoms with Gasteiger partial charge in [-0.15, -0.1) is 0 Å². The highest BCUT2D eigenvalue weighted by molar-refractivity contribution is 5.87. The van der Waals surface area contributed by atoms with E-state index < -0.39 is 5.97 Å². The Morgan fingerprint density at radius 2 is 2.06 bits per heavy atom. The second-order valence-corrected chi connectivity index (χ2v) is 5.01. The van der Waals surface area contributed by atoms with Crippen LogP contribution in [-0.2, 0) is 0 Å². The van der Waals surface area contributed by atoms with Crippen LogP contribution in [0.2, 0.25) is 0 Å². The maximum Gasteiger partial charge on any atom is 0.335 e. The van der Waals surface area contributed by atoms with Crippen LogP contribution in [0, 0.1) is 5.92 Å². The van der Waals surface area contributed by atoms with Crippen molar-refractivity contribution in [3.8, 4) is 5.75 Å². The van der Waals surface area contributed by atoms with Gasteiger partial charge in [0.25, 0.3) is 0 Å². The number of rotatable bonds is 4. The van der Waals surface area contributed by atoms with Crippen LogP contribution >= 0.6 is 0 Å². The van der Waals surface area contributed by atoms with Gasteiger partial charge in [0, 0.05) is 0 Å². The second-order valence-electron chi connectivity index (χ2n) is 5.01. The van der Waals surface area contributed by atoms with Crippen molar-refractivity contribution in [2.45, 2.75) is 45.1 Å². The molecule has 1 aliphatic rings. The van der Waals surface area contributed by atoms with Crippen molar-refractivity contribution in [3.63, 3.8) is 0 Å². The third-order valence-electron chi connectivity index (χ3n) is 3.72. The lowest BCUT2D eigenvalue weighted by Crippen LogP contribution is -2.25. The monoisotopic (exact) mass is 248 g/mol. The van der Waals surface area contributed by atoms with Gasteiger partial charge in [0.05, 0.1) is 11.7 Å². The van der Waals surface area contributed by atoms with Crippen LogP contribution in [0.5, 0.6) is 5.75 Å². The Labute approximate surface area is 108 Å². The average molecular weight is 248 g/mol. The van der Waals surface area contributed by atoms with Gasteiger partial charge in [-0.2, -0.15) is 0 Å². The van der Waals surface area contributed by atoms with Gasteiger partial charge >= 0.3 is 5.97 Å². The standard InChI is InChI=1S/C15H20O3/c1-2-11-4-3-5-14(10-11)18-13-8-6-12(7-9-13)15(16)17/h6-9,11,14H,2-5,10H2,1H3,(H,16,17). The van der Waals surface area contributed by atoms with Gasteiger partial charge in [-0.3, -0.25) is 0 Å². The second kappa shape index (κ2) is 5.89. The Morgan fingerprint density at radius 1 is 1.33 bits per heavy atom. The summed E-state index contributed by atoms with van der Waals surface area (Å²) in [6.45, 7) is 2.23. The summed E-state index contributed by atoms with van der Waals surface area (Å²) in [6.07, 6.45) is 6.29. The van der Waals surface area contributed by atoms with E-state index in [1.807, 2.05) is 0 Å². The Morgan fingerprint density at radius 3 is 2.67 bits per heavy atom. The average Bonchev–Trinajstić information content (AvgIpc) is 2.39. The molecule has 18 heavy (non-hydrogen) atoms. The smallest absolute Gasteiger partial charge is 0.335 e. The topological polar surface area (TPSA) is 46.5 Å². The first-order valence-electron chi connectivity index (χ1n) is 6.69. The number of benzene rings is 1. The molecule has 1 fully saturated rings. The van der Waals surface area contributed by atoms with E-state index in [9.17, 15) is 4.79 Å². The predicted molar refractivity (Wildman–Crippen MR) is 70.1 cm³/mol. The third kappa shape index (κ3) is 3.25. The molecule has 1 N–H and O–H groups in total. The molecule has 0 saturated heterocycles. The van der Waals surface area contributed by atoms with E-state index in [0.29, 0.717) is 11.7 Å². The van der Waals surface area contributed by atoms with Crippen molar-refractivity contribution < 1.29 is 14.6 Å². The van der Waals surface area contributed by atoms with E-state index in [0.717, 1.165) is 24.5 Å². The Balaban J connectivity index is 1.94. The van der Waals surface area contributed by atoms with Crippen LogP contribution in [0.1, 0.15) is 49.4 Å². The maximum absolute atomic E-state index is 10.7. The number of carboxylic acid groups (broad SMARTS) is 1. The van der Waals surface area contributed by atoms with E-state index in [-0.39, 0.29) is 0 Å².